The Balaban J connectivity index is 2.40. The fraction of sp³-hybridized carbons (Fsp3) is 0.533. The van der Waals surface area contributed by atoms with Crippen LogP contribution in [-0.2, 0) is 6.18 Å². The molecule has 0 aliphatic carbocycles. The molecule has 1 fully saturated rings. The Morgan fingerprint density at radius 2 is 2.14 bits per heavy atom. The van der Waals surface area contributed by atoms with Gasteiger partial charge in [-0.15, -0.1) is 0 Å². The molecule has 1 heterocycles. The van der Waals surface area contributed by atoms with E-state index in [-0.39, 0.29) is 17.5 Å². The summed E-state index contributed by atoms with van der Waals surface area (Å²) in [6.07, 6.45) is -2.67. The van der Waals surface area contributed by atoms with Gasteiger partial charge in [0.15, 0.2) is 0 Å². The predicted octanol–water partition coefficient (Wildman–Crippen LogP) is 3.76. The van der Waals surface area contributed by atoms with Gasteiger partial charge in [0.25, 0.3) is 5.91 Å². The molecule has 1 unspecified atom stereocenters. The Kier molecular flexibility index (Phi) is 4.44. The van der Waals surface area contributed by atoms with Crippen molar-refractivity contribution in [1.29, 1.82) is 0 Å². The normalized spacial score (nSPS) is 18.9. The highest BCUT2D eigenvalue weighted by Crippen LogP contribution is 2.33. The summed E-state index contributed by atoms with van der Waals surface area (Å²) in [6.45, 7) is 4.90. The van der Waals surface area contributed by atoms with E-state index in [2.05, 4.69) is 5.32 Å². The molecule has 0 radical (unpaired) electrons. The highest BCUT2D eigenvalue weighted by atomic mass is 19.4. The first-order chi connectivity index (χ1) is 9.84. The smallest absolute Gasteiger partial charge is 0.385 e. The van der Waals surface area contributed by atoms with Gasteiger partial charge >= 0.3 is 6.18 Å². The number of anilines is 1. The number of benzene rings is 1. The van der Waals surface area contributed by atoms with E-state index in [0.29, 0.717) is 18.8 Å². The van der Waals surface area contributed by atoms with Crippen molar-refractivity contribution in [2.24, 2.45) is 0 Å². The van der Waals surface area contributed by atoms with E-state index in [1.54, 1.807) is 4.90 Å². The number of rotatable bonds is 3. The first kappa shape index (κ1) is 15.7. The maximum Gasteiger partial charge on any atom is 0.416 e. The van der Waals surface area contributed by atoms with Crippen molar-refractivity contribution in [2.75, 3.05) is 18.4 Å². The number of amides is 1. The van der Waals surface area contributed by atoms with Crippen molar-refractivity contribution in [3.8, 4) is 0 Å². The molecule has 6 heteroatoms. The summed E-state index contributed by atoms with van der Waals surface area (Å²) in [7, 11) is 0. The average Bonchev–Trinajstić information content (AvgIpc) is 2.84. The molecule has 0 aromatic heterocycles. The summed E-state index contributed by atoms with van der Waals surface area (Å²) in [5, 5.41) is 2.96. The average molecular weight is 300 g/mol. The maximum absolute atomic E-state index is 12.9. The number of hydrogen-bond donors (Lipinski definition) is 1. The molecule has 0 bridgehead atoms. The minimum atomic E-state index is -4.45. The van der Waals surface area contributed by atoms with Crippen molar-refractivity contribution in [3.63, 3.8) is 0 Å². The van der Waals surface area contributed by atoms with Crippen LogP contribution in [0, 0.1) is 0 Å². The standard InChI is InChI=1S/C15H19F3N2O/c1-3-19-13-7-6-11(15(16,17)18)9-12(13)14(21)20-8-4-5-10(20)2/h6-7,9-10,19H,3-5,8H2,1-2H3. The minimum Gasteiger partial charge on any atom is -0.385 e. The van der Waals surface area contributed by atoms with Crippen LogP contribution in [0.3, 0.4) is 0 Å². The largest absolute Gasteiger partial charge is 0.416 e. The van der Waals surface area contributed by atoms with Crippen LogP contribution in [0.2, 0.25) is 0 Å². The second kappa shape index (κ2) is 5.95. The third kappa shape index (κ3) is 3.31. The summed E-state index contributed by atoms with van der Waals surface area (Å²) in [6, 6.07) is 3.36. The van der Waals surface area contributed by atoms with Gasteiger partial charge in [0.1, 0.15) is 0 Å². The lowest BCUT2D eigenvalue weighted by Crippen LogP contribution is -2.34. The molecule has 1 saturated heterocycles. The summed E-state index contributed by atoms with van der Waals surface area (Å²) < 4.78 is 38.6. The molecule has 0 saturated carbocycles. The monoisotopic (exact) mass is 300 g/mol. The molecule has 116 valence electrons. The van der Waals surface area contributed by atoms with Crippen LogP contribution < -0.4 is 5.32 Å². The predicted molar refractivity (Wildman–Crippen MR) is 75.3 cm³/mol. The first-order valence-electron chi connectivity index (χ1n) is 7.10. The van der Waals surface area contributed by atoms with E-state index in [1.165, 1.54) is 6.07 Å². The Morgan fingerprint density at radius 3 is 2.67 bits per heavy atom. The number of nitrogens with one attached hydrogen (secondary N) is 1. The number of alkyl halides is 3. The molecule has 1 amide bonds. The third-order valence-electron chi connectivity index (χ3n) is 3.76. The minimum absolute atomic E-state index is 0.0709. The van der Waals surface area contributed by atoms with Gasteiger partial charge in [-0.2, -0.15) is 13.2 Å². The summed E-state index contributed by atoms with van der Waals surface area (Å²) in [4.78, 5) is 14.2. The van der Waals surface area contributed by atoms with Gasteiger partial charge < -0.3 is 10.2 Å². The number of carbonyl (C=O) groups excluding carboxylic acids is 1. The highest BCUT2D eigenvalue weighted by molar-refractivity contribution is 6.00. The topological polar surface area (TPSA) is 32.3 Å². The molecule has 1 atom stereocenters. The summed E-state index contributed by atoms with van der Waals surface area (Å²) in [5.41, 5.74) is -0.241. The van der Waals surface area contributed by atoms with Crippen LogP contribution in [0.4, 0.5) is 18.9 Å². The van der Waals surface area contributed by atoms with Crippen LogP contribution in [0.25, 0.3) is 0 Å². The van der Waals surface area contributed by atoms with E-state index in [1.807, 2.05) is 13.8 Å². The van der Waals surface area contributed by atoms with Crippen LogP contribution >= 0.6 is 0 Å². The fourth-order valence-corrected chi connectivity index (χ4v) is 2.63. The Labute approximate surface area is 122 Å². The number of hydrogen-bond acceptors (Lipinski definition) is 2. The molecule has 1 aromatic rings. The second-order valence-corrected chi connectivity index (χ2v) is 5.28. The van der Waals surface area contributed by atoms with Gasteiger partial charge in [-0.05, 0) is 44.9 Å². The van der Waals surface area contributed by atoms with E-state index in [9.17, 15) is 18.0 Å². The molecular formula is C15H19F3N2O. The van der Waals surface area contributed by atoms with Gasteiger partial charge in [0.2, 0.25) is 0 Å². The molecule has 1 aliphatic heterocycles. The van der Waals surface area contributed by atoms with Crippen molar-refractivity contribution >= 4 is 11.6 Å². The molecular weight excluding hydrogens is 281 g/mol. The zero-order chi connectivity index (χ0) is 15.6. The molecule has 0 spiro atoms. The maximum atomic E-state index is 12.9. The van der Waals surface area contributed by atoms with E-state index in [0.717, 1.165) is 25.0 Å². The Bertz CT molecular complexity index is 528. The van der Waals surface area contributed by atoms with Crippen LogP contribution in [0.5, 0.6) is 0 Å². The highest BCUT2D eigenvalue weighted by Gasteiger charge is 2.33. The number of nitrogens with zero attached hydrogens (tertiary/aromatic N) is 1. The van der Waals surface area contributed by atoms with Gasteiger partial charge in [-0.1, -0.05) is 0 Å². The second-order valence-electron chi connectivity index (χ2n) is 5.28. The van der Waals surface area contributed by atoms with Gasteiger partial charge in [-0.25, -0.2) is 0 Å². The van der Waals surface area contributed by atoms with Crippen LogP contribution in [0.15, 0.2) is 18.2 Å². The Morgan fingerprint density at radius 1 is 1.43 bits per heavy atom. The lowest BCUT2D eigenvalue weighted by atomic mass is 10.1. The van der Waals surface area contributed by atoms with E-state index >= 15 is 0 Å². The zero-order valence-electron chi connectivity index (χ0n) is 12.1. The number of likely N-dealkylation sites (tertiary alicyclic amines) is 1. The lowest BCUT2D eigenvalue weighted by Gasteiger charge is -2.23. The SMILES string of the molecule is CCNc1ccc(C(F)(F)F)cc1C(=O)N1CCCC1C. The van der Waals surface area contributed by atoms with Crippen molar-refractivity contribution in [3.05, 3.63) is 29.3 Å². The van der Waals surface area contributed by atoms with Crippen molar-refractivity contribution in [2.45, 2.75) is 38.9 Å². The lowest BCUT2D eigenvalue weighted by molar-refractivity contribution is -0.137. The van der Waals surface area contributed by atoms with Crippen LogP contribution in [-0.4, -0.2) is 29.9 Å². The van der Waals surface area contributed by atoms with Crippen LogP contribution in [0.1, 0.15) is 42.6 Å². The van der Waals surface area contributed by atoms with E-state index < -0.39 is 11.7 Å². The molecule has 1 N–H and O–H groups in total. The fourth-order valence-electron chi connectivity index (χ4n) is 2.63. The number of carbonyl (C=O) groups is 1. The molecule has 2 rings (SSSR count). The van der Waals surface area contributed by atoms with Gasteiger partial charge in [0, 0.05) is 24.8 Å². The molecule has 21 heavy (non-hydrogen) atoms. The zero-order valence-corrected chi connectivity index (χ0v) is 12.1. The summed E-state index contributed by atoms with van der Waals surface area (Å²) in [5.74, 6) is -0.331. The van der Waals surface area contributed by atoms with Gasteiger partial charge in [-0.3, -0.25) is 4.79 Å². The summed E-state index contributed by atoms with van der Waals surface area (Å²) >= 11 is 0. The number of halogens is 3. The Hall–Kier alpha value is -1.72. The van der Waals surface area contributed by atoms with E-state index in [4.69, 9.17) is 0 Å². The molecule has 1 aliphatic rings. The first-order valence-corrected chi connectivity index (χ1v) is 7.10. The van der Waals surface area contributed by atoms with Gasteiger partial charge in [0.05, 0.1) is 11.1 Å². The van der Waals surface area contributed by atoms with Crippen molar-refractivity contribution in [1.82, 2.24) is 4.90 Å². The third-order valence-corrected chi connectivity index (χ3v) is 3.76. The van der Waals surface area contributed by atoms with Crippen molar-refractivity contribution < 1.29 is 18.0 Å². The quantitative estimate of drug-likeness (QED) is 0.921. The molecule has 1 aromatic carbocycles. The molecule has 3 nitrogen and oxygen atoms in total.